The van der Waals surface area contributed by atoms with Crippen molar-refractivity contribution in [3.8, 4) is 0 Å². The molecule has 1 heterocycles. The molecule has 0 aromatic heterocycles. The Morgan fingerprint density at radius 3 is 2.25 bits per heavy atom. The van der Waals surface area contributed by atoms with Crippen LogP contribution in [0.3, 0.4) is 0 Å². The van der Waals surface area contributed by atoms with Crippen LogP contribution in [-0.4, -0.2) is 66.7 Å². The number of quaternary nitrogens is 1. The molecule has 1 saturated heterocycles. The highest BCUT2D eigenvalue weighted by atomic mass is 32.2. The molecule has 0 amide bonds. The van der Waals surface area contributed by atoms with Crippen LogP contribution in [0, 0.1) is 16.0 Å². The molecule has 0 aliphatic carbocycles. The lowest BCUT2D eigenvalue weighted by Crippen LogP contribution is -2.75. The van der Waals surface area contributed by atoms with E-state index < -0.39 is 31.5 Å². The molecule has 1 aromatic rings. The van der Waals surface area contributed by atoms with Crippen LogP contribution in [0.25, 0.3) is 0 Å². The summed E-state index contributed by atoms with van der Waals surface area (Å²) in [4.78, 5) is 20.0. The van der Waals surface area contributed by atoms with Gasteiger partial charge in [0.25, 0.3) is 10.6 Å². The van der Waals surface area contributed by atoms with Crippen LogP contribution in [0.4, 0.5) is 5.69 Å². The van der Waals surface area contributed by atoms with E-state index in [0.29, 0.717) is 32.8 Å². The summed E-state index contributed by atoms with van der Waals surface area (Å²) in [5.41, 5.74) is 2.67. The van der Waals surface area contributed by atoms with E-state index in [1.165, 1.54) is 13.8 Å². The lowest BCUT2D eigenvalue weighted by Gasteiger charge is -2.46. The molecule has 156 valence electrons. The third-order valence-corrected chi connectivity index (χ3v) is 7.73. The van der Waals surface area contributed by atoms with Gasteiger partial charge in [0.1, 0.15) is 13.1 Å². The fourth-order valence-electron chi connectivity index (χ4n) is 3.39. The number of nitro groups is 1. The van der Waals surface area contributed by atoms with Gasteiger partial charge in [-0.1, -0.05) is 13.8 Å². The van der Waals surface area contributed by atoms with Crippen molar-refractivity contribution in [2.24, 2.45) is 5.92 Å². The maximum Gasteiger partial charge on any atom is 0.345 e. The summed E-state index contributed by atoms with van der Waals surface area (Å²) in [5.74, 6) is -2.34. The Bertz CT molecular complexity index is 833. The summed E-state index contributed by atoms with van der Waals surface area (Å²) >= 11 is 0. The largest absolute Gasteiger partial charge is 0.479 e. The monoisotopic (exact) mass is 416 g/mol. The highest BCUT2D eigenvalue weighted by Crippen LogP contribution is 2.34. The van der Waals surface area contributed by atoms with Gasteiger partial charge in [0.05, 0.1) is 29.6 Å². The zero-order valence-electron chi connectivity index (χ0n) is 16.1. The lowest BCUT2D eigenvalue weighted by molar-refractivity contribution is -0.977. The first-order chi connectivity index (χ1) is 13.0. The SMILES string of the molecule is CC[N+]1(N[C@](C(=O)O)(C(C)C)S(=O)(=O)c2ccc([N+](=O)[O-])cc2)CCOCC1. The van der Waals surface area contributed by atoms with Gasteiger partial charge >= 0.3 is 5.97 Å². The predicted molar refractivity (Wildman–Crippen MR) is 100.0 cm³/mol. The minimum Gasteiger partial charge on any atom is -0.479 e. The summed E-state index contributed by atoms with van der Waals surface area (Å²) in [7, 11) is -4.44. The number of hydrogen-bond donors (Lipinski definition) is 2. The first-order valence-electron chi connectivity index (χ1n) is 8.98. The Hall–Kier alpha value is -2.08. The molecule has 11 heteroatoms. The van der Waals surface area contributed by atoms with E-state index in [2.05, 4.69) is 5.43 Å². The fourth-order valence-corrected chi connectivity index (χ4v) is 5.42. The second kappa shape index (κ2) is 8.11. The number of nitrogens with one attached hydrogen (secondary N) is 1. The number of nitrogens with zero attached hydrogens (tertiary/aromatic N) is 2. The molecule has 1 atom stereocenters. The number of sulfone groups is 1. The van der Waals surface area contributed by atoms with Gasteiger partial charge < -0.3 is 9.84 Å². The van der Waals surface area contributed by atoms with E-state index in [-0.39, 0.29) is 15.2 Å². The Morgan fingerprint density at radius 2 is 1.86 bits per heavy atom. The van der Waals surface area contributed by atoms with Crippen LogP contribution in [0.5, 0.6) is 0 Å². The molecule has 0 saturated carbocycles. The second-order valence-corrected chi connectivity index (χ2v) is 9.20. The Kier molecular flexibility index (Phi) is 6.44. The van der Waals surface area contributed by atoms with E-state index in [1.807, 2.05) is 6.92 Å². The number of benzene rings is 1. The van der Waals surface area contributed by atoms with Crippen LogP contribution in [0.15, 0.2) is 29.2 Å². The summed E-state index contributed by atoms with van der Waals surface area (Å²) in [6.45, 7) is 6.98. The molecule has 1 fully saturated rings. The topological polar surface area (TPSA) is 136 Å². The number of nitro benzene ring substituents is 1. The lowest BCUT2D eigenvalue weighted by atomic mass is 10.0. The molecule has 0 unspecified atom stereocenters. The minimum absolute atomic E-state index is 0.0801. The van der Waals surface area contributed by atoms with Crippen LogP contribution >= 0.6 is 0 Å². The van der Waals surface area contributed by atoms with E-state index >= 15 is 0 Å². The zero-order valence-corrected chi connectivity index (χ0v) is 16.9. The third-order valence-electron chi connectivity index (χ3n) is 5.25. The van der Waals surface area contributed by atoms with Gasteiger partial charge in [-0.2, -0.15) is 0 Å². The minimum atomic E-state index is -4.44. The third kappa shape index (κ3) is 3.75. The van der Waals surface area contributed by atoms with Gasteiger partial charge in [-0.3, -0.25) is 10.1 Å². The van der Waals surface area contributed by atoms with Gasteiger partial charge in [-0.05, 0) is 19.1 Å². The van der Waals surface area contributed by atoms with Crippen LogP contribution in [-0.2, 0) is 19.4 Å². The van der Waals surface area contributed by atoms with Crippen molar-refractivity contribution in [1.82, 2.24) is 5.43 Å². The number of carboxylic acid groups (broad SMARTS) is 1. The van der Waals surface area contributed by atoms with E-state index in [1.54, 1.807) is 0 Å². The summed E-state index contributed by atoms with van der Waals surface area (Å²) < 4.78 is 32.4. The van der Waals surface area contributed by atoms with Crippen molar-refractivity contribution in [3.05, 3.63) is 34.4 Å². The number of carboxylic acids is 1. The van der Waals surface area contributed by atoms with Crippen LogP contribution in [0.1, 0.15) is 20.8 Å². The molecule has 0 bridgehead atoms. The fraction of sp³-hybridized carbons (Fsp3) is 0.588. The van der Waals surface area contributed by atoms with Crippen molar-refractivity contribution >= 4 is 21.5 Å². The first-order valence-corrected chi connectivity index (χ1v) is 10.5. The molecular weight excluding hydrogens is 390 g/mol. The molecule has 0 spiro atoms. The zero-order chi connectivity index (χ0) is 21.2. The number of carbonyl (C=O) groups is 1. The van der Waals surface area contributed by atoms with Gasteiger partial charge in [0.15, 0.2) is 0 Å². The molecule has 2 N–H and O–H groups in total. The Morgan fingerprint density at radius 1 is 1.32 bits per heavy atom. The van der Waals surface area contributed by atoms with Crippen molar-refractivity contribution in [3.63, 3.8) is 0 Å². The smallest absolute Gasteiger partial charge is 0.345 e. The number of aliphatic carboxylic acids is 1. The molecule has 1 aliphatic rings. The van der Waals surface area contributed by atoms with Gasteiger partial charge in [0, 0.05) is 18.1 Å². The van der Waals surface area contributed by atoms with Crippen molar-refractivity contribution in [1.29, 1.82) is 0 Å². The molecule has 28 heavy (non-hydrogen) atoms. The molecular formula is C17H26N3O7S+. The van der Waals surface area contributed by atoms with Gasteiger partial charge in [0.2, 0.25) is 9.84 Å². The molecule has 1 aromatic carbocycles. The highest BCUT2D eigenvalue weighted by molar-refractivity contribution is 7.93. The van der Waals surface area contributed by atoms with Crippen molar-refractivity contribution < 1.29 is 32.6 Å². The first kappa shape index (κ1) is 22.2. The molecule has 1 aliphatic heterocycles. The average molecular weight is 416 g/mol. The van der Waals surface area contributed by atoms with Gasteiger partial charge in [-0.25, -0.2) is 17.8 Å². The van der Waals surface area contributed by atoms with Crippen molar-refractivity contribution in [2.75, 3.05) is 32.8 Å². The van der Waals surface area contributed by atoms with Crippen LogP contribution in [0.2, 0.25) is 0 Å². The average Bonchev–Trinajstić information content (AvgIpc) is 2.66. The predicted octanol–water partition coefficient (Wildman–Crippen LogP) is 1.18. The standard InChI is InChI=1S/C17H25N3O7S/c1-4-20(9-11-27-12-10-20)18-17(13(2)3,16(21)22)28(25,26)15-7-5-14(6-8-15)19(23)24/h5-8,13,18H,4,9-12H2,1-3H3/p+1/t17-/m1/s1. The number of rotatable bonds is 8. The Balaban J connectivity index is 2.61. The summed E-state index contributed by atoms with van der Waals surface area (Å²) in [6, 6.07) is 4.26. The quantitative estimate of drug-likeness (QED) is 0.366. The number of non-ortho nitro benzene ring substituents is 1. The number of ether oxygens (including phenoxy) is 1. The molecule has 2 rings (SSSR count). The molecule has 0 radical (unpaired) electrons. The number of morpholine rings is 1. The maximum absolute atomic E-state index is 13.5. The van der Waals surface area contributed by atoms with Gasteiger partial charge in [-0.15, -0.1) is 5.43 Å². The summed E-state index contributed by atoms with van der Waals surface area (Å²) in [6.07, 6.45) is 0. The van der Waals surface area contributed by atoms with Crippen LogP contribution < -0.4 is 5.43 Å². The van der Waals surface area contributed by atoms with E-state index in [4.69, 9.17) is 4.74 Å². The normalized spacial score (nSPS) is 19.1. The van der Waals surface area contributed by atoms with E-state index in [9.17, 15) is 28.4 Å². The van der Waals surface area contributed by atoms with E-state index in [0.717, 1.165) is 24.3 Å². The molecule has 10 nitrogen and oxygen atoms in total. The Labute approximate surface area is 163 Å². The highest BCUT2D eigenvalue weighted by Gasteiger charge is 2.59. The summed E-state index contributed by atoms with van der Waals surface area (Å²) in [5, 5.41) is 20.9. The number of likely N-dealkylation sites (N-methyl/N-ethyl adjacent to an activating group) is 1. The van der Waals surface area contributed by atoms with Crippen molar-refractivity contribution in [2.45, 2.75) is 30.5 Å². The maximum atomic E-state index is 13.5. The second-order valence-electron chi connectivity index (χ2n) is 7.08. The number of hydrogen-bond acceptors (Lipinski definition) is 7.